The maximum absolute atomic E-state index is 12.3. The molecule has 0 bridgehead atoms. The third-order valence-electron chi connectivity index (χ3n) is 3.38. The van der Waals surface area contributed by atoms with E-state index < -0.39 is 12.1 Å². The normalized spacial score (nSPS) is 12.0. The largest absolute Gasteiger partial charge is 0.457 e. The highest BCUT2D eigenvalue weighted by Crippen LogP contribution is 2.11. The molecule has 1 N–H and O–H groups in total. The summed E-state index contributed by atoms with van der Waals surface area (Å²) >= 11 is 0. The Morgan fingerprint density at radius 2 is 1.87 bits per heavy atom. The lowest BCUT2D eigenvalue weighted by Gasteiger charge is -2.20. The smallest absolute Gasteiger partial charge is 0.375 e. The van der Waals surface area contributed by atoms with Crippen molar-refractivity contribution >= 4 is 11.9 Å². The molecular formula is C18H21NO4. The summed E-state index contributed by atoms with van der Waals surface area (Å²) in [5.41, 5.74) is 1.14. The van der Waals surface area contributed by atoms with E-state index in [0.29, 0.717) is 6.54 Å². The number of carbonyl (C=O) groups excluding carboxylic acids is 2. The number of nitrogens with one attached hydrogen (secondary N) is 1. The van der Waals surface area contributed by atoms with Gasteiger partial charge in [-0.15, -0.1) is 0 Å². The third-order valence-corrected chi connectivity index (χ3v) is 3.38. The molecule has 0 radical (unpaired) electrons. The van der Waals surface area contributed by atoms with Gasteiger partial charge in [0, 0.05) is 6.54 Å². The van der Waals surface area contributed by atoms with Crippen molar-refractivity contribution < 1.29 is 18.7 Å². The highest BCUT2D eigenvalue weighted by atomic mass is 16.6. The van der Waals surface area contributed by atoms with Crippen LogP contribution in [0.3, 0.4) is 0 Å². The van der Waals surface area contributed by atoms with Crippen LogP contribution in [0.25, 0.3) is 0 Å². The lowest BCUT2D eigenvalue weighted by Crippen LogP contribution is -2.41. The first-order chi connectivity index (χ1) is 11.1. The van der Waals surface area contributed by atoms with E-state index in [2.05, 4.69) is 5.32 Å². The highest BCUT2D eigenvalue weighted by Gasteiger charge is 2.27. The predicted octanol–water partition coefficient (Wildman–Crippen LogP) is 2.82. The van der Waals surface area contributed by atoms with E-state index in [1.165, 1.54) is 12.3 Å². The number of esters is 1. The van der Waals surface area contributed by atoms with E-state index in [-0.39, 0.29) is 17.6 Å². The van der Waals surface area contributed by atoms with Crippen LogP contribution in [0.1, 0.15) is 30.0 Å². The van der Waals surface area contributed by atoms with Crippen molar-refractivity contribution in [3.8, 4) is 0 Å². The zero-order valence-corrected chi connectivity index (χ0v) is 13.3. The Labute approximate surface area is 135 Å². The maximum Gasteiger partial charge on any atom is 0.375 e. The zero-order valence-electron chi connectivity index (χ0n) is 13.3. The molecule has 0 fully saturated rings. The lowest BCUT2D eigenvalue weighted by atomic mass is 10.1. The van der Waals surface area contributed by atoms with Crippen molar-refractivity contribution in [2.45, 2.75) is 26.4 Å². The van der Waals surface area contributed by atoms with Crippen LogP contribution in [-0.2, 0) is 16.0 Å². The standard InChI is InChI=1S/C18H21NO4/c1-13(2)16(23-18(21)15-9-6-12-22-15)17(20)19-11-10-14-7-4-3-5-8-14/h3-9,12-13,16H,10-11H2,1-2H3,(H,19,20). The van der Waals surface area contributed by atoms with Crippen LogP contribution in [-0.4, -0.2) is 24.5 Å². The van der Waals surface area contributed by atoms with Gasteiger partial charge in [-0.05, 0) is 30.0 Å². The van der Waals surface area contributed by atoms with Gasteiger partial charge in [-0.25, -0.2) is 4.79 Å². The third kappa shape index (κ3) is 4.98. The van der Waals surface area contributed by atoms with Gasteiger partial charge in [0.05, 0.1) is 6.26 Å². The number of amides is 1. The molecule has 0 aliphatic rings. The molecule has 0 saturated heterocycles. The quantitative estimate of drug-likeness (QED) is 0.798. The van der Waals surface area contributed by atoms with Crippen LogP contribution in [0.15, 0.2) is 53.1 Å². The second kappa shape index (κ2) is 8.17. The molecule has 1 aromatic carbocycles. The summed E-state index contributed by atoms with van der Waals surface area (Å²) in [6.07, 6.45) is 1.27. The predicted molar refractivity (Wildman–Crippen MR) is 85.9 cm³/mol. The minimum Gasteiger partial charge on any atom is -0.457 e. The van der Waals surface area contributed by atoms with Crippen LogP contribution in [0, 0.1) is 5.92 Å². The molecule has 2 rings (SSSR count). The maximum atomic E-state index is 12.3. The minimum absolute atomic E-state index is 0.0905. The van der Waals surface area contributed by atoms with Gasteiger partial charge in [0.15, 0.2) is 6.10 Å². The monoisotopic (exact) mass is 315 g/mol. The lowest BCUT2D eigenvalue weighted by molar-refractivity contribution is -0.132. The molecule has 1 amide bonds. The number of carbonyl (C=O) groups is 2. The Hall–Kier alpha value is -2.56. The van der Waals surface area contributed by atoms with Crippen molar-refractivity contribution in [1.29, 1.82) is 0 Å². The molecule has 122 valence electrons. The van der Waals surface area contributed by atoms with Gasteiger partial charge in [0.25, 0.3) is 5.91 Å². The molecule has 0 aliphatic carbocycles. The van der Waals surface area contributed by atoms with Gasteiger partial charge < -0.3 is 14.5 Å². The summed E-state index contributed by atoms with van der Waals surface area (Å²) in [5.74, 6) is -0.971. The number of rotatable bonds is 7. The molecular weight excluding hydrogens is 294 g/mol. The molecule has 0 saturated carbocycles. The van der Waals surface area contributed by atoms with E-state index >= 15 is 0 Å². The Balaban J connectivity index is 1.87. The van der Waals surface area contributed by atoms with Gasteiger partial charge in [-0.1, -0.05) is 44.2 Å². The first kappa shape index (κ1) is 16.8. The highest BCUT2D eigenvalue weighted by molar-refractivity contribution is 5.90. The fourth-order valence-corrected chi connectivity index (χ4v) is 2.14. The first-order valence-electron chi connectivity index (χ1n) is 7.64. The summed E-state index contributed by atoms with van der Waals surface area (Å²) in [6.45, 7) is 4.15. The fourth-order valence-electron chi connectivity index (χ4n) is 2.14. The van der Waals surface area contributed by atoms with Crippen molar-refractivity contribution in [3.05, 3.63) is 60.1 Å². The molecule has 2 aromatic rings. The van der Waals surface area contributed by atoms with Crippen LogP contribution in [0.2, 0.25) is 0 Å². The fraction of sp³-hybridized carbons (Fsp3) is 0.333. The van der Waals surface area contributed by atoms with Crippen molar-refractivity contribution in [2.24, 2.45) is 5.92 Å². The van der Waals surface area contributed by atoms with E-state index in [1.54, 1.807) is 6.07 Å². The van der Waals surface area contributed by atoms with Crippen molar-refractivity contribution in [3.63, 3.8) is 0 Å². The molecule has 1 heterocycles. The number of hydrogen-bond donors (Lipinski definition) is 1. The molecule has 0 aliphatic heterocycles. The second-order valence-electron chi connectivity index (χ2n) is 5.57. The first-order valence-corrected chi connectivity index (χ1v) is 7.64. The van der Waals surface area contributed by atoms with Gasteiger partial charge in [0.1, 0.15) is 0 Å². The Bertz CT molecular complexity index is 620. The van der Waals surface area contributed by atoms with E-state index in [4.69, 9.17) is 9.15 Å². The Kier molecular flexibility index (Phi) is 5.97. The minimum atomic E-state index is -0.844. The van der Waals surface area contributed by atoms with Gasteiger partial charge in [-0.2, -0.15) is 0 Å². The number of hydrogen-bond acceptors (Lipinski definition) is 4. The molecule has 5 heteroatoms. The second-order valence-corrected chi connectivity index (χ2v) is 5.57. The van der Waals surface area contributed by atoms with E-state index in [1.807, 2.05) is 44.2 Å². The van der Waals surface area contributed by atoms with Gasteiger partial charge >= 0.3 is 5.97 Å². The average molecular weight is 315 g/mol. The Morgan fingerprint density at radius 1 is 1.13 bits per heavy atom. The molecule has 1 atom stereocenters. The summed E-state index contributed by atoms with van der Waals surface area (Å²) in [7, 11) is 0. The van der Waals surface area contributed by atoms with Crippen LogP contribution in [0.4, 0.5) is 0 Å². The summed E-state index contributed by atoms with van der Waals surface area (Å²) in [4.78, 5) is 24.2. The molecule has 23 heavy (non-hydrogen) atoms. The average Bonchev–Trinajstić information content (AvgIpc) is 3.07. The number of furan rings is 1. The molecule has 1 unspecified atom stereocenters. The SMILES string of the molecule is CC(C)C(OC(=O)c1ccco1)C(=O)NCCc1ccccc1. The van der Waals surface area contributed by atoms with Crippen molar-refractivity contribution in [2.75, 3.05) is 6.54 Å². The van der Waals surface area contributed by atoms with Gasteiger partial charge in [0.2, 0.25) is 5.76 Å². The topological polar surface area (TPSA) is 68.5 Å². The number of ether oxygens (including phenoxy) is 1. The van der Waals surface area contributed by atoms with Crippen molar-refractivity contribution in [1.82, 2.24) is 5.32 Å². The van der Waals surface area contributed by atoms with E-state index in [0.717, 1.165) is 12.0 Å². The summed E-state index contributed by atoms with van der Waals surface area (Å²) in [5, 5.41) is 2.82. The van der Waals surface area contributed by atoms with Crippen LogP contribution >= 0.6 is 0 Å². The zero-order chi connectivity index (χ0) is 16.7. The van der Waals surface area contributed by atoms with Gasteiger partial charge in [-0.3, -0.25) is 4.79 Å². The van der Waals surface area contributed by atoms with Crippen LogP contribution < -0.4 is 5.32 Å². The molecule has 1 aromatic heterocycles. The Morgan fingerprint density at radius 3 is 2.48 bits per heavy atom. The van der Waals surface area contributed by atoms with E-state index in [9.17, 15) is 9.59 Å². The summed E-state index contributed by atoms with van der Waals surface area (Å²) < 4.78 is 10.3. The number of benzene rings is 1. The van der Waals surface area contributed by atoms with Crippen LogP contribution in [0.5, 0.6) is 0 Å². The molecule has 5 nitrogen and oxygen atoms in total. The molecule has 0 spiro atoms. The summed E-state index contributed by atoms with van der Waals surface area (Å²) in [6, 6.07) is 13.0.